The van der Waals surface area contributed by atoms with Gasteiger partial charge in [0.2, 0.25) is 0 Å². The molecule has 0 aromatic heterocycles. The van der Waals surface area contributed by atoms with E-state index in [0.29, 0.717) is 5.41 Å². The summed E-state index contributed by atoms with van der Waals surface area (Å²) in [5.41, 5.74) is 0.418. The SMILES string of the molecule is CC(C)(C)CC1(CF)CC1. The van der Waals surface area contributed by atoms with Crippen LogP contribution >= 0.6 is 0 Å². The molecule has 0 aromatic rings. The predicted octanol–water partition coefficient (Wildman–Crippen LogP) is 3.17. The van der Waals surface area contributed by atoms with E-state index >= 15 is 0 Å². The number of hydrogen-bond acceptors (Lipinski definition) is 0. The minimum atomic E-state index is -0.107. The molecule has 60 valence electrons. The van der Waals surface area contributed by atoms with Crippen molar-refractivity contribution in [3.8, 4) is 0 Å². The Kier molecular flexibility index (Phi) is 1.78. The fourth-order valence-electron chi connectivity index (χ4n) is 1.66. The second kappa shape index (κ2) is 2.21. The molecule has 0 aliphatic heterocycles. The lowest BCUT2D eigenvalue weighted by atomic mass is 9.83. The Labute approximate surface area is 62.8 Å². The molecule has 0 atom stereocenters. The molecule has 0 N–H and O–H groups in total. The lowest BCUT2D eigenvalue weighted by Crippen LogP contribution is -2.15. The van der Waals surface area contributed by atoms with Crippen LogP contribution in [0, 0.1) is 10.8 Å². The third-order valence-electron chi connectivity index (χ3n) is 2.15. The number of halogens is 1. The Bertz CT molecular complexity index is 117. The Morgan fingerprint density at radius 2 is 1.80 bits per heavy atom. The van der Waals surface area contributed by atoms with Crippen molar-refractivity contribution in [2.75, 3.05) is 6.67 Å². The molecule has 1 aliphatic carbocycles. The average molecular weight is 144 g/mol. The van der Waals surface area contributed by atoms with E-state index in [1.54, 1.807) is 0 Å². The molecule has 0 nitrogen and oxygen atoms in total. The summed E-state index contributed by atoms with van der Waals surface area (Å²) >= 11 is 0. The molecule has 0 radical (unpaired) electrons. The van der Waals surface area contributed by atoms with E-state index in [1.807, 2.05) is 0 Å². The summed E-state index contributed by atoms with van der Waals surface area (Å²) in [7, 11) is 0. The largest absolute Gasteiger partial charge is 0.250 e. The molecule has 0 unspecified atom stereocenters. The smallest absolute Gasteiger partial charge is 0.0950 e. The molecule has 0 aromatic carbocycles. The highest BCUT2D eigenvalue weighted by Gasteiger charge is 2.44. The monoisotopic (exact) mass is 144 g/mol. The molecule has 1 heteroatoms. The summed E-state index contributed by atoms with van der Waals surface area (Å²) in [5.74, 6) is 0. The first kappa shape index (κ1) is 8.03. The molecule has 1 fully saturated rings. The Hall–Kier alpha value is -0.0700. The maximum absolute atomic E-state index is 12.4. The number of rotatable bonds is 2. The fraction of sp³-hybridized carbons (Fsp3) is 1.00. The molecule has 1 rings (SSSR count). The second-order valence-electron chi connectivity index (χ2n) is 4.87. The molecule has 0 heterocycles. The topological polar surface area (TPSA) is 0 Å². The van der Waals surface area contributed by atoms with Crippen LogP contribution in [0.15, 0.2) is 0 Å². The first-order chi connectivity index (χ1) is 4.47. The van der Waals surface area contributed by atoms with Gasteiger partial charge in [0.05, 0.1) is 6.67 Å². The van der Waals surface area contributed by atoms with Crippen LogP contribution in [0.4, 0.5) is 4.39 Å². The van der Waals surface area contributed by atoms with Gasteiger partial charge in [-0.3, -0.25) is 4.39 Å². The molecule has 1 aliphatic rings. The molecular formula is C9H17F. The van der Waals surface area contributed by atoms with E-state index in [0.717, 1.165) is 19.3 Å². The van der Waals surface area contributed by atoms with Crippen LogP contribution in [0.25, 0.3) is 0 Å². The van der Waals surface area contributed by atoms with Crippen molar-refractivity contribution in [3.63, 3.8) is 0 Å². The van der Waals surface area contributed by atoms with Crippen LogP contribution in [-0.2, 0) is 0 Å². The van der Waals surface area contributed by atoms with E-state index in [1.165, 1.54) is 0 Å². The maximum Gasteiger partial charge on any atom is 0.0950 e. The van der Waals surface area contributed by atoms with E-state index in [9.17, 15) is 4.39 Å². The molecule has 10 heavy (non-hydrogen) atoms. The molecule has 0 bridgehead atoms. The van der Waals surface area contributed by atoms with Crippen molar-refractivity contribution in [2.24, 2.45) is 10.8 Å². The third-order valence-corrected chi connectivity index (χ3v) is 2.15. The summed E-state index contributed by atoms with van der Waals surface area (Å²) in [6, 6.07) is 0. The van der Waals surface area contributed by atoms with E-state index in [2.05, 4.69) is 20.8 Å². The second-order valence-corrected chi connectivity index (χ2v) is 4.87. The summed E-state index contributed by atoms with van der Waals surface area (Å²) in [4.78, 5) is 0. The van der Waals surface area contributed by atoms with Crippen molar-refractivity contribution >= 4 is 0 Å². The van der Waals surface area contributed by atoms with Crippen LogP contribution in [0.5, 0.6) is 0 Å². The van der Waals surface area contributed by atoms with Crippen LogP contribution in [0.2, 0.25) is 0 Å². The Balaban J connectivity index is 2.38. The summed E-state index contributed by atoms with van der Waals surface area (Å²) in [5, 5.41) is 0. The van der Waals surface area contributed by atoms with Gasteiger partial charge in [-0.25, -0.2) is 0 Å². The molecule has 1 saturated carbocycles. The van der Waals surface area contributed by atoms with E-state index in [-0.39, 0.29) is 12.1 Å². The minimum Gasteiger partial charge on any atom is -0.250 e. The third kappa shape index (κ3) is 1.96. The van der Waals surface area contributed by atoms with Crippen LogP contribution in [0.3, 0.4) is 0 Å². The Morgan fingerprint density at radius 1 is 1.30 bits per heavy atom. The highest BCUT2D eigenvalue weighted by atomic mass is 19.1. The maximum atomic E-state index is 12.4. The van der Waals surface area contributed by atoms with Crippen LogP contribution in [-0.4, -0.2) is 6.67 Å². The highest BCUT2D eigenvalue weighted by molar-refractivity contribution is 4.95. The van der Waals surface area contributed by atoms with E-state index in [4.69, 9.17) is 0 Å². The molecular weight excluding hydrogens is 127 g/mol. The highest BCUT2D eigenvalue weighted by Crippen LogP contribution is 2.53. The van der Waals surface area contributed by atoms with Gasteiger partial charge >= 0.3 is 0 Å². The molecule has 0 amide bonds. The van der Waals surface area contributed by atoms with Gasteiger partial charge in [0.25, 0.3) is 0 Å². The van der Waals surface area contributed by atoms with Crippen molar-refractivity contribution in [1.82, 2.24) is 0 Å². The fourth-order valence-corrected chi connectivity index (χ4v) is 1.66. The summed E-state index contributed by atoms with van der Waals surface area (Å²) in [6.45, 7) is 6.44. The predicted molar refractivity (Wildman–Crippen MR) is 41.7 cm³/mol. The van der Waals surface area contributed by atoms with Gasteiger partial charge in [0.15, 0.2) is 0 Å². The van der Waals surface area contributed by atoms with Gasteiger partial charge in [-0.2, -0.15) is 0 Å². The Morgan fingerprint density at radius 3 is 1.90 bits per heavy atom. The zero-order valence-corrected chi connectivity index (χ0v) is 7.21. The van der Waals surface area contributed by atoms with Crippen LogP contribution in [0.1, 0.15) is 40.0 Å². The molecule has 0 saturated heterocycles. The van der Waals surface area contributed by atoms with E-state index < -0.39 is 0 Å². The van der Waals surface area contributed by atoms with Crippen molar-refractivity contribution in [3.05, 3.63) is 0 Å². The summed E-state index contributed by atoms with van der Waals surface area (Å²) in [6.07, 6.45) is 3.28. The zero-order valence-electron chi connectivity index (χ0n) is 7.21. The van der Waals surface area contributed by atoms with Gasteiger partial charge in [-0.15, -0.1) is 0 Å². The molecule has 0 spiro atoms. The van der Waals surface area contributed by atoms with Gasteiger partial charge in [0.1, 0.15) is 0 Å². The first-order valence-corrected chi connectivity index (χ1v) is 4.04. The average Bonchev–Trinajstić information content (AvgIpc) is 2.45. The van der Waals surface area contributed by atoms with Crippen molar-refractivity contribution in [2.45, 2.75) is 40.0 Å². The van der Waals surface area contributed by atoms with Gasteiger partial charge in [-0.1, -0.05) is 20.8 Å². The standard InChI is InChI=1S/C9H17F/c1-8(2,3)6-9(7-10)4-5-9/h4-7H2,1-3H3. The quantitative estimate of drug-likeness (QED) is 0.558. The number of hydrogen-bond donors (Lipinski definition) is 0. The lowest BCUT2D eigenvalue weighted by molar-refractivity contribution is 0.230. The lowest BCUT2D eigenvalue weighted by Gasteiger charge is -2.23. The van der Waals surface area contributed by atoms with Gasteiger partial charge in [0, 0.05) is 0 Å². The minimum absolute atomic E-state index is 0.107. The summed E-state index contributed by atoms with van der Waals surface area (Å²) < 4.78 is 12.4. The van der Waals surface area contributed by atoms with Crippen LogP contribution < -0.4 is 0 Å². The number of alkyl halides is 1. The first-order valence-electron chi connectivity index (χ1n) is 4.04. The van der Waals surface area contributed by atoms with Crippen molar-refractivity contribution in [1.29, 1.82) is 0 Å². The van der Waals surface area contributed by atoms with Gasteiger partial charge in [-0.05, 0) is 30.1 Å². The normalized spacial score (nSPS) is 22.8. The van der Waals surface area contributed by atoms with Gasteiger partial charge < -0.3 is 0 Å². The van der Waals surface area contributed by atoms with Crippen molar-refractivity contribution < 1.29 is 4.39 Å². The zero-order chi connectivity index (χ0) is 7.83.